The maximum absolute atomic E-state index is 12.9. The summed E-state index contributed by atoms with van der Waals surface area (Å²) in [5.74, 6) is 0.129. The molecular weight excluding hydrogens is 357 g/mol. The second-order valence-corrected chi connectivity index (χ2v) is 6.05. The van der Waals surface area contributed by atoms with E-state index >= 15 is 0 Å². The van der Waals surface area contributed by atoms with Gasteiger partial charge >= 0.3 is 0 Å². The van der Waals surface area contributed by atoms with Gasteiger partial charge in [-0.3, -0.25) is 9.48 Å². The van der Waals surface area contributed by atoms with Crippen molar-refractivity contribution in [1.29, 1.82) is 0 Å². The normalized spacial score (nSPS) is 10.5. The highest BCUT2D eigenvalue weighted by atomic mass is 35.5. The van der Waals surface area contributed by atoms with Crippen molar-refractivity contribution in [2.45, 2.75) is 13.2 Å². The van der Waals surface area contributed by atoms with E-state index in [0.29, 0.717) is 36.0 Å². The Balaban J connectivity index is 1.46. The largest absolute Gasteiger partial charge is 0.489 e. The summed E-state index contributed by atoms with van der Waals surface area (Å²) in [6, 6.07) is 13.0. The van der Waals surface area contributed by atoms with E-state index in [1.807, 2.05) is 12.1 Å². The van der Waals surface area contributed by atoms with Crippen LogP contribution in [0, 0.1) is 5.82 Å². The van der Waals surface area contributed by atoms with Crippen LogP contribution in [0.3, 0.4) is 0 Å². The number of nitrogens with one attached hydrogen (secondary N) is 1. The lowest BCUT2D eigenvalue weighted by atomic mass is 10.1. The number of halogens is 2. The molecule has 0 radical (unpaired) electrons. The molecule has 3 rings (SSSR count). The van der Waals surface area contributed by atoms with Crippen LogP contribution in [0.5, 0.6) is 5.75 Å². The molecular formula is C19H17ClFN3O2. The Hall–Kier alpha value is -2.86. The van der Waals surface area contributed by atoms with E-state index in [9.17, 15) is 9.18 Å². The molecule has 0 aliphatic carbocycles. The highest BCUT2D eigenvalue weighted by Gasteiger charge is 2.05. The molecule has 3 aromatic rings. The molecule has 7 heteroatoms. The van der Waals surface area contributed by atoms with Crippen molar-refractivity contribution in [2.75, 3.05) is 6.54 Å². The van der Waals surface area contributed by atoms with Crippen LogP contribution in [-0.4, -0.2) is 22.2 Å². The van der Waals surface area contributed by atoms with Crippen LogP contribution >= 0.6 is 11.6 Å². The minimum atomic E-state index is -0.302. The Morgan fingerprint density at radius 3 is 2.54 bits per heavy atom. The van der Waals surface area contributed by atoms with Crippen LogP contribution in [-0.2, 0) is 13.2 Å². The first kappa shape index (κ1) is 17.9. The van der Waals surface area contributed by atoms with Crippen LogP contribution < -0.4 is 10.1 Å². The number of aromatic nitrogens is 2. The average Bonchev–Trinajstić information content (AvgIpc) is 3.07. The van der Waals surface area contributed by atoms with E-state index in [1.165, 1.54) is 12.1 Å². The average molecular weight is 374 g/mol. The molecule has 0 atom stereocenters. The summed E-state index contributed by atoms with van der Waals surface area (Å²) in [6.07, 6.45) is 3.25. The Bertz CT molecular complexity index is 863. The van der Waals surface area contributed by atoms with Crippen molar-refractivity contribution in [3.8, 4) is 5.75 Å². The summed E-state index contributed by atoms with van der Waals surface area (Å²) in [5.41, 5.74) is 1.48. The molecule has 2 aromatic carbocycles. The van der Waals surface area contributed by atoms with E-state index in [1.54, 1.807) is 41.3 Å². The summed E-state index contributed by atoms with van der Waals surface area (Å²) < 4.78 is 20.1. The first-order chi connectivity index (χ1) is 12.6. The van der Waals surface area contributed by atoms with Crippen LogP contribution in [0.2, 0.25) is 5.02 Å². The van der Waals surface area contributed by atoms with Gasteiger partial charge in [0.25, 0.3) is 5.91 Å². The maximum Gasteiger partial charge on any atom is 0.251 e. The topological polar surface area (TPSA) is 56.2 Å². The van der Waals surface area contributed by atoms with E-state index in [2.05, 4.69) is 10.4 Å². The van der Waals surface area contributed by atoms with Gasteiger partial charge in [0.2, 0.25) is 0 Å². The number of rotatable bonds is 7. The Morgan fingerprint density at radius 1 is 1.15 bits per heavy atom. The summed E-state index contributed by atoms with van der Waals surface area (Å²) in [5, 5.41) is 7.44. The van der Waals surface area contributed by atoms with Gasteiger partial charge in [-0.1, -0.05) is 23.7 Å². The third-order valence-electron chi connectivity index (χ3n) is 3.66. The minimum absolute atomic E-state index is 0.158. The zero-order chi connectivity index (χ0) is 18.4. The van der Waals surface area contributed by atoms with Gasteiger partial charge in [0, 0.05) is 18.3 Å². The summed E-state index contributed by atoms with van der Waals surface area (Å²) >= 11 is 5.79. The van der Waals surface area contributed by atoms with Crippen molar-refractivity contribution < 1.29 is 13.9 Å². The van der Waals surface area contributed by atoms with E-state index in [0.717, 1.165) is 5.56 Å². The number of nitrogens with zero attached hydrogens (tertiary/aromatic N) is 2. The summed E-state index contributed by atoms with van der Waals surface area (Å²) in [4.78, 5) is 12.1. The molecule has 0 saturated heterocycles. The lowest BCUT2D eigenvalue weighted by Gasteiger charge is -2.08. The fourth-order valence-corrected chi connectivity index (χ4v) is 2.45. The van der Waals surface area contributed by atoms with Crippen molar-refractivity contribution in [1.82, 2.24) is 15.1 Å². The van der Waals surface area contributed by atoms with E-state index in [-0.39, 0.29) is 11.7 Å². The number of benzene rings is 2. The molecule has 0 bridgehead atoms. The molecule has 1 N–H and O–H groups in total. The number of ether oxygens (including phenoxy) is 1. The molecule has 134 valence electrons. The van der Waals surface area contributed by atoms with Crippen LogP contribution in [0.1, 0.15) is 15.9 Å². The number of amides is 1. The molecule has 1 aromatic heterocycles. The first-order valence-electron chi connectivity index (χ1n) is 8.03. The number of carbonyl (C=O) groups is 1. The second kappa shape index (κ2) is 8.49. The zero-order valence-electron chi connectivity index (χ0n) is 13.9. The molecule has 5 nitrogen and oxygen atoms in total. The Labute approximate surface area is 155 Å². The third-order valence-corrected chi connectivity index (χ3v) is 3.86. The van der Waals surface area contributed by atoms with Crippen LogP contribution in [0.15, 0.2) is 60.9 Å². The summed E-state index contributed by atoms with van der Waals surface area (Å²) in [7, 11) is 0. The van der Waals surface area contributed by atoms with Gasteiger partial charge < -0.3 is 10.1 Å². The second-order valence-electron chi connectivity index (χ2n) is 5.62. The molecule has 26 heavy (non-hydrogen) atoms. The molecule has 1 heterocycles. The highest BCUT2D eigenvalue weighted by Crippen LogP contribution is 2.14. The molecule has 0 unspecified atom stereocenters. The molecule has 1 amide bonds. The summed E-state index contributed by atoms with van der Waals surface area (Å²) in [6.45, 7) is 1.34. The quantitative estimate of drug-likeness (QED) is 0.687. The lowest BCUT2D eigenvalue weighted by Crippen LogP contribution is -2.27. The number of hydrogen-bond donors (Lipinski definition) is 1. The fraction of sp³-hybridized carbons (Fsp3) is 0.158. The molecule has 0 fully saturated rings. The SMILES string of the molecule is O=C(NCCn1cc(Cl)cn1)c1ccc(COc2ccc(F)cc2)cc1. The third kappa shape index (κ3) is 5.07. The van der Waals surface area contributed by atoms with Gasteiger partial charge in [0.05, 0.1) is 17.8 Å². The minimum Gasteiger partial charge on any atom is -0.489 e. The van der Waals surface area contributed by atoms with Gasteiger partial charge in [-0.15, -0.1) is 0 Å². The van der Waals surface area contributed by atoms with E-state index < -0.39 is 0 Å². The zero-order valence-corrected chi connectivity index (χ0v) is 14.6. The van der Waals surface area contributed by atoms with Gasteiger partial charge in [0.15, 0.2) is 0 Å². The van der Waals surface area contributed by atoms with Gasteiger partial charge in [-0.25, -0.2) is 4.39 Å². The van der Waals surface area contributed by atoms with Crippen molar-refractivity contribution in [3.05, 3.63) is 82.9 Å². The number of hydrogen-bond acceptors (Lipinski definition) is 3. The standard InChI is InChI=1S/C19H17ClFN3O2/c20-16-11-23-24(12-16)10-9-22-19(25)15-3-1-14(2-4-15)13-26-18-7-5-17(21)6-8-18/h1-8,11-12H,9-10,13H2,(H,22,25). The predicted octanol–water partition coefficient (Wildman–Crippen LogP) is 3.68. The van der Waals surface area contributed by atoms with Crippen molar-refractivity contribution >= 4 is 17.5 Å². The monoisotopic (exact) mass is 373 g/mol. The van der Waals surface area contributed by atoms with Gasteiger partial charge in [-0.05, 0) is 42.0 Å². The maximum atomic E-state index is 12.9. The fourth-order valence-electron chi connectivity index (χ4n) is 2.30. The van der Waals surface area contributed by atoms with Gasteiger partial charge in [0.1, 0.15) is 18.2 Å². The predicted molar refractivity (Wildman–Crippen MR) is 96.7 cm³/mol. The van der Waals surface area contributed by atoms with Crippen molar-refractivity contribution in [3.63, 3.8) is 0 Å². The molecule has 0 aliphatic rings. The number of carbonyl (C=O) groups excluding carboxylic acids is 1. The van der Waals surface area contributed by atoms with Crippen LogP contribution in [0.25, 0.3) is 0 Å². The molecule has 0 saturated carbocycles. The van der Waals surface area contributed by atoms with Crippen molar-refractivity contribution in [2.24, 2.45) is 0 Å². The van der Waals surface area contributed by atoms with E-state index in [4.69, 9.17) is 16.3 Å². The molecule has 0 aliphatic heterocycles. The molecule has 0 spiro atoms. The van der Waals surface area contributed by atoms with Gasteiger partial charge in [-0.2, -0.15) is 5.10 Å². The highest BCUT2D eigenvalue weighted by molar-refractivity contribution is 6.30. The first-order valence-corrected chi connectivity index (χ1v) is 8.41. The Morgan fingerprint density at radius 2 is 1.88 bits per heavy atom. The smallest absolute Gasteiger partial charge is 0.251 e. The Kier molecular flexibility index (Phi) is 5.86. The van der Waals surface area contributed by atoms with Crippen LogP contribution in [0.4, 0.5) is 4.39 Å². The lowest BCUT2D eigenvalue weighted by molar-refractivity contribution is 0.0952.